The summed E-state index contributed by atoms with van der Waals surface area (Å²) in [5.41, 5.74) is 1.88. The standard InChI is InChI=1S/C20H18F2N2/c21-18-6-4-5-15(12-18)17(14-23)11-16-7-8-19(13-20(16)22)24-9-2-1-3-10-24/h4-8,11-13H,1-3,9-10H2/b17-11-. The Morgan fingerprint density at radius 3 is 2.50 bits per heavy atom. The molecule has 0 bridgehead atoms. The Kier molecular flexibility index (Phi) is 4.90. The molecule has 1 saturated heterocycles. The predicted molar refractivity (Wildman–Crippen MR) is 92.3 cm³/mol. The Morgan fingerprint density at radius 2 is 1.83 bits per heavy atom. The minimum Gasteiger partial charge on any atom is -0.371 e. The van der Waals surface area contributed by atoms with Gasteiger partial charge in [0.15, 0.2) is 0 Å². The molecular weight excluding hydrogens is 306 g/mol. The van der Waals surface area contributed by atoms with Crippen LogP contribution in [-0.4, -0.2) is 13.1 Å². The highest BCUT2D eigenvalue weighted by molar-refractivity contribution is 5.89. The molecule has 24 heavy (non-hydrogen) atoms. The van der Waals surface area contributed by atoms with Gasteiger partial charge in [-0.25, -0.2) is 8.78 Å². The molecule has 0 unspecified atom stereocenters. The van der Waals surface area contributed by atoms with Gasteiger partial charge in [0.05, 0.1) is 11.6 Å². The van der Waals surface area contributed by atoms with E-state index in [2.05, 4.69) is 4.90 Å². The van der Waals surface area contributed by atoms with Gasteiger partial charge in [-0.3, -0.25) is 0 Å². The van der Waals surface area contributed by atoms with Crippen LogP contribution >= 0.6 is 0 Å². The number of nitriles is 1. The van der Waals surface area contributed by atoms with E-state index >= 15 is 0 Å². The van der Waals surface area contributed by atoms with Crippen LogP contribution in [0.4, 0.5) is 14.5 Å². The minimum absolute atomic E-state index is 0.235. The van der Waals surface area contributed by atoms with E-state index in [4.69, 9.17) is 0 Å². The fraction of sp³-hybridized carbons (Fsp3) is 0.250. The number of halogens is 2. The van der Waals surface area contributed by atoms with Crippen LogP contribution in [-0.2, 0) is 0 Å². The van der Waals surface area contributed by atoms with Crippen molar-refractivity contribution in [3.8, 4) is 6.07 Å². The van der Waals surface area contributed by atoms with E-state index in [9.17, 15) is 14.0 Å². The lowest BCUT2D eigenvalue weighted by molar-refractivity contribution is 0.574. The van der Waals surface area contributed by atoms with Gasteiger partial charge in [-0.15, -0.1) is 0 Å². The summed E-state index contributed by atoms with van der Waals surface area (Å²) in [4.78, 5) is 2.18. The SMILES string of the molecule is N#C/C(=C/c1ccc(N2CCCCC2)cc1F)c1cccc(F)c1. The van der Waals surface area contributed by atoms with E-state index in [-0.39, 0.29) is 11.4 Å². The Bertz CT molecular complexity index is 800. The molecule has 0 radical (unpaired) electrons. The van der Waals surface area contributed by atoms with Gasteiger partial charge in [-0.05, 0) is 61.2 Å². The normalized spacial score (nSPS) is 15.2. The molecule has 1 aliphatic heterocycles. The monoisotopic (exact) mass is 324 g/mol. The van der Waals surface area contributed by atoms with Crippen molar-refractivity contribution in [3.63, 3.8) is 0 Å². The number of benzene rings is 2. The van der Waals surface area contributed by atoms with Crippen molar-refractivity contribution < 1.29 is 8.78 Å². The number of nitrogens with zero attached hydrogens (tertiary/aromatic N) is 2. The molecule has 1 aliphatic rings. The highest BCUT2D eigenvalue weighted by Crippen LogP contribution is 2.25. The molecular formula is C20H18F2N2. The van der Waals surface area contributed by atoms with Gasteiger partial charge in [0.2, 0.25) is 0 Å². The zero-order valence-electron chi connectivity index (χ0n) is 13.3. The van der Waals surface area contributed by atoms with Crippen LogP contribution in [0.5, 0.6) is 0 Å². The van der Waals surface area contributed by atoms with Crippen molar-refractivity contribution in [1.82, 2.24) is 0 Å². The summed E-state index contributed by atoms with van der Waals surface area (Å²) >= 11 is 0. The number of piperidine rings is 1. The second-order valence-corrected chi connectivity index (χ2v) is 5.93. The molecule has 0 aromatic heterocycles. The maximum Gasteiger partial charge on any atom is 0.132 e. The lowest BCUT2D eigenvalue weighted by atomic mass is 10.0. The van der Waals surface area contributed by atoms with Crippen molar-refractivity contribution in [3.05, 3.63) is 65.2 Å². The van der Waals surface area contributed by atoms with Crippen LogP contribution in [0.2, 0.25) is 0 Å². The van der Waals surface area contributed by atoms with Crippen LogP contribution in [0.1, 0.15) is 30.4 Å². The first kappa shape index (κ1) is 16.2. The zero-order chi connectivity index (χ0) is 16.9. The van der Waals surface area contributed by atoms with E-state index in [1.165, 1.54) is 36.8 Å². The van der Waals surface area contributed by atoms with Crippen molar-refractivity contribution >= 4 is 17.3 Å². The molecule has 122 valence electrons. The Hall–Kier alpha value is -2.67. The van der Waals surface area contributed by atoms with Crippen LogP contribution in [0, 0.1) is 23.0 Å². The number of hydrogen-bond acceptors (Lipinski definition) is 2. The molecule has 0 N–H and O–H groups in total. The number of anilines is 1. The molecule has 4 heteroatoms. The third-order valence-electron chi connectivity index (χ3n) is 4.26. The topological polar surface area (TPSA) is 27.0 Å². The van der Waals surface area contributed by atoms with Gasteiger partial charge in [0.25, 0.3) is 0 Å². The highest BCUT2D eigenvalue weighted by atomic mass is 19.1. The lowest BCUT2D eigenvalue weighted by Gasteiger charge is -2.28. The summed E-state index contributed by atoms with van der Waals surface area (Å²) in [6, 6.07) is 12.8. The van der Waals surface area contributed by atoms with Gasteiger partial charge in [0.1, 0.15) is 11.6 Å². The first-order valence-corrected chi connectivity index (χ1v) is 8.09. The third-order valence-corrected chi connectivity index (χ3v) is 4.26. The molecule has 0 amide bonds. The van der Waals surface area contributed by atoms with Gasteiger partial charge in [-0.1, -0.05) is 12.1 Å². The summed E-state index contributed by atoms with van der Waals surface area (Å²) in [5, 5.41) is 9.31. The maximum absolute atomic E-state index is 14.4. The van der Waals surface area contributed by atoms with E-state index in [0.29, 0.717) is 11.1 Å². The second-order valence-electron chi connectivity index (χ2n) is 5.93. The lowest BCUT2D eigenvalue weighted by Crippen LogP contribution is -2.29. The average molecular weight is 324 g/mol. The van der Waals surface area contributed by atoms with Crippen molar-refractivity contribution in [1.29, 1.82) is 5.26 Å². The molecule has 2 aromatic carbocycles. The van der Waals surface area contributed by atoms with Crippen LogP contribution in [0.25, 0.3) is 11.6 Å². The van der Waals surface area contributed by atoms with Gasteiger partial charge >= 0.3 is 0 Å². The van der Waals surface area contributed by atoms with Crippen molar-refractivity contribution in [2.45, 2.75) is 19.3 Å². The first-order valence-electron chi connectivity index (χ1n) is 8.09. The summed E-state index contributed by atoms with van der Waals surface area (Å²) in [6.45, 7) is 1.89. The van der Waals surface area contributed by atoms with Gasteiger partial charge in [-0.2, -0.15) is 5.26 Å². The van der Waals surface area contributed by atoms with Gasteiger partial charge < -0.3 is 4.90 Å². The fourth-order valence-corrected chi connectivity index (χ4v) is 2.97. The fourth-order valence-electron chi connectivity index (χ4n) is 2.97. The predicted octanol–water partition coefficient (Wildman–Crippen LogP) is 5.02. The average Bonchev–Trinajstić information content (AvgIpc) is 2.61. The molecule has 0 atom stereocenters. The molecule has 2 nitrogen and oxygen atoms in total. The van der Waals surface area contributed by atoms with E-state index in [1.807, 2.05) is 12.1 Å². The number of allylic oxidation sites excluding steroid dienone is 1. The van der Waals surface area contributed by atoms with Crippen LogP contribution < -0.4 is 4.90 Å². The first-order chi connectivity index (χ1) is 11.7. The quantitative estimate of drug-likeness (QED) is 0.585. The molecule has 1 heterocycles. The third kappa shape index (κ3) is 3.62. The smallest absolute Gasteiger partial charge is 0.132 e. The number of rotatable bonds is 3. The molecule has 0 saturated carbocycles. The van der Waals surface area contributed by atoms with E-state index in [0.717, 1.165) is 31.6 Å². The summed E-state index contributed by atoms with van der Waals surface area (Å²) in [7, 11) is 0. The van der Waals surface area contributed by atoms with Crippen molar-refractivity contribution in [2.24, 2.45) is 0 Å². The highest BCUT2D eigenvalue weighted by Gasteiger charge is 2.13. The van der Waals surface area contributed by atoms with Crippen molar-refractivity contribution in [2.75, 3.05) is 18.0 Å². The summed E-state index contributed by atoms with van der Waals surface area (Å²) in [6.07, 6.45) is 4.94. The molecule has 2 aromatic rings. The molecule has 0 aliphatic carbocycles. The summed E-state index contributed by atoms with van der Waals surface area (Å²) < 4.78 is 27.8. The van der Waals surface area contributed by atoms with E-state index in [1.54, 1.807) is 12.1 Å². The Balaban J connectivity index is 1.90. The Morgan fingerprint density at radius 1 is 1.04 bits per heavy atom. The summed E-state index contributed by atoms with van der Waals surface area (Å²) in [5.74, 6) is -0.795. The largest absolute Gasteiger partial charge is 0.371 e. The Labute approximate surface area is 140 Å². The van der Waals surface area contributed by atoms with E-state index < -0.39 is 5.82 Å². The van der Waals surface area contributed by atoms with Crippen LogP contribution in [0.3, 0.4) is 0 Å². The zero-order valence-corrected chi connectivity index (χ0v) is 13.3. The second kappa shape index (κ2) is 7.27. The molecule has 1 fully saturated rings. The van der Waals surface area contributed by atoms with Gasteiger partial charge in [0, 0.05) is 24.3 Å². The van der Waals surface area contributed by atoms with Crippen LogP contribution in [0.15, 0.2) is 42.5 Å². The molecule has 3 rings (SSSR count). The molecule has 0 spiro atoms. The maximum atomic E-state index is 14.4. The number of hydrogen-bond donors (Lipinski definition) is 0. The minimum atomic E-state index is -0.422.